The van der Waals surface area contributed by atoms with Gasteiger partial charge in [-0.25, -0.2) is 0 Å². The smallest absolute Gasteiger partial charge is 0.326 e. The lowest BCUT2D eigenvalue weighted by Gasteiger charge is -2.31. The van der Waals surface area contributed by atoms with Crippen LogP contribution in [0.3, 0.4) is 0 Å². The van der Waals surface area contributed by atoms with Crippen LogP contribution < -0.4 is 4.74 Å². The maximum Gasteiger partial charge on any atom is 0.326 e. The molecular formula is C28H34O3. The lowest BCUT2D eigenvalue weighted by molar-refractivity contribution is -0.136. The van der Waals surface area contributed by atoms with Crippen LogP contribution in [0.5, 0.6) is 5.75 Å². The van der Waals surface area contributed by atoms with E-state index >= 15 is 0 Å². The number of ether oxygens (including phenoxy) is 1. The number of esters is 1. The molecule has 1 unspecified atom stereocenters. The van der Waals surface area contributed by atoms with E-state index in [9.17, 15) is 9.59 Å². The Labute approximate surface area is 186 Å². The molecule has 0 aromatic heterocycles. The number of allylic oxidation sites excluding steroid dienone is 1. The molecule has 1 heterocycles. The molecule has 0 N–H and O–H groups in total. The molecule has 0 saturated carbocycles. The van der Waals surface area contributed by atoms with Gasteiger partial charge in [0.1, 0.15) is 17.5 Å². The van der Waals surface area contributed by atoms with Crippen LogP contribution in [-0.2, 0) is 25.8 Å². The molecule has 0 radical (unpaired) electrons. The number of fused-ring (bicyclic) bond motifs is 1. The first-order valence-electron chi connectivity index (χ1n) is 10.8. The van der Waals surface area contributed by atoms with Gasteiger partial charge in [-0.05, 0) is 58.9 Å². The average Bonchev–Trinajstić information content (AvgIpc) is 2.93. The van der Waals surface area contributed by atoms with E-state index in [2.05, 4.69) is 60.3 Å². The van der Waals surface area contributed by atoms with Crippen molar-refractivity contribution in [3.05, 3.63) is 75.9 Å². The van der Waals surface area contributed by atoms with E-state index in [0.717, 1.165) is 39.7 Å². The van der Waals surface area contributed by atoms with Gasteiger partial charge in [-0.15, -0.1) is 0 Å². The van der Waals surface area contributed by atoms with Crippen LogP contribution in [0.25, 0.3) is 0 Å². The van der Waals surface area contributed by atoms with Gasteiger partial charge in [-0.3, -0.25) is 9.59 Å². The lowest BCUT2D eigenvalue weighted by atomic mass is 9.67. The predicted molar refractivity (Wildman–Crippen MR) is 126 cm³/mol. The highest BCUT2D eigenvalue weighted by Gasteiger charge is 2.53. The second kappa shape index (κ2) is 7.47. The van der Waals surface area contributed by atoms with E-state index in [-0.39, 0.29) is 23.2 Å². The van der Waals surface area contributed by atoms with Crippen LogP contribution in [0.1, 0.15) is 81.3 Å². The number of carbonyl (C=O) groups excluding carboxylic acids is 2. The van der Waals surface area contributed by atoms with E-state index in [1.54, 1.807) is 0 Å². The minimum atomic E-state index is -1.09. The van der Waals surface area contributed by atoms with Crippen LogP contribution in [-0.4, -0.2) is 12.3 Å². The highest BCUT2D eigenvalue weighted by Crippen LogP contribution is 2.53. The Morgan fingerprint density at radius 3 is 2.23 bits per heavy atom. The van der Waals surface area contributed by atoms with Crippen molar-refractivity contribution in [1.29, 1.82) is 0 Å². The molecule has 0 aliphatic carbocycles. The van der Waals surface area contributed by atoms with Crippen LogP contribution in [0.4, 0.5) is 0 Å². The van der Waals surface area contributed by atoms with Gasteiger partial charge >= 0.3 is 5.97 Å². The van der Waals surface area contributed by atoms with Crippen molar-refractivity contribution in [3.8, 4) is 5.75 Å². The van der Waals surface area contributed by atoms with E-state index in [1.165, 1.54) is 0 Å². The zero-order chi connectivity index (χ0) is 23.4. The number of hydrogen-bond acceptors (Lipinski definition) is 3. The Balaban J connectivity index is 2.49. The van der Waals surface area contributed by atoms with Crippen molar-refractivity contribution in [3.63, 3.8) is 0 Å². The Kier molecular flexibility index (Phi) is 5.54. The molecule has 1 atom stereocenters. The third kappa shape index (κ3) is 3.75. The highest BCUT2D eigenvalue weighted by atomic mass is 16.5. The molecule has 0 spiro atoms. The number of rotatable bonds is 4. The number of aryl methyl sites for hydroxylation is 1. The Hall–Kier alpha value is -2.68. The maximum absolute atomic E-state index is 13.7. The van der Waals surface area contributed by atoms with E-state index in [1.807, 2.05) is 32.0 Å². The van der Waals surface area contributed by atoms with Crippen molar-refractivity contribution in [2.24, 2.45) is 0 Å². The standard InChI is InChI=1S/C28H34O3/c1-17(16-29)15-28(21-12-10-11-18(2)19(21)3)23-14-20(26(4,5)6)13-22(27(7,8)9)24(23)31-25(28)30/h10-14,16H,1,15H2,2-9H3. The van der Waals surface area contributed by atoms with Crippen LogP contribution >= 0.6 is 0 Å². The number of hydrogen-bond donors (Lipinski definition) is 0. The summed E-state index contributed by atoms with van der Waals surface area (Å²) in [7, 11) is 0. The fraction of sp³-hybridized carbons (Fsp3) is 0.429. The summed E-state index contributed by atoms with van der Waals surface area (Å²) in [6.45, 7) is 20.9. The molecule has 2 aromatic rings. The molecule has 1 aliphatic heterocycles. The first kappa shape index (κ1) is 23.0. The third-order valence-corrected chi connectivity index (χ3v) is 6.49. The largest absolute Gasteiger partial charge is 0.425 e. The number of aldehydes is 1. The van der Waals surface area contributed by atoms with Crippen LogP contribution in [0.15, 0.2) is 42.5 Å². The van der Waals surface area contributed by atoms with Gasteiger partial charge in [0.05, 0.1) is 0 Å². The summed E-state index contributed by atoms with van der Waals surface area (Å²) in [4.78, 5) is 25.4. The summed E-state index contributed by atoms with van der Waals surface area (Å²) in [5, 5.41) is 0. The predicted octanol–water partition coefficient (Wildman–Crippen LogP) is 6.25. The summed E-state index contributed by atoms with van der Waals surface area (Å²) >= 11 is 0. The maximum atomic E-state index is 13.7. The molecule has 31 heavy (non-hydrogen) atoms. The molecule has 0 saturated heterocycles. The Bertz CT molecular complexity index is 1080. The average molecular weight is 419 g/mol. The van der Waals surface area contributed by atoms with Crippen molar-refractivity contribution in [2.75, 3.05) is 0 Å². The Morgan fingerprint density at radius 1 is 1.03 bits per heavy atom. The van der Waals surface area contributed by atoms with E-state index < -0.39 is 5.41 Å². The van der Waals surface area contributed by atoms with Gasteiger partial charge in [-0.2, -0.15) is 0 Å². The summed E-state index contributed by atoms with van der Waals surface area (Å²) in [6, 6.07) is 10.3. The highest BCUT2D eigenvalue weighted by molar-refractivity contribution is 5.97. The van der Waals surface area contributed by atoms with Gasteiger partial charge in [-0.1, -0.05) is 78.5 Å². The van der Waals surface area contributed by atoms with Crippen molar-refractivity contribution < 1.29 is 14.3 Å². The molecule has 0 bridgehead atoms. The molecule has 3 heteroatoms. The van der Waals surface area contributed by atoms with Gasteiger partial charge in [0.25, 0.3) is 0 Å². The quantitative estimate of drug-likeness (QED) is 0.255. The summed E-state index contributed by atoms with van der Waals surface area (Å²) < 4.78 is 6.05. The topological polar surface area (TPSA) is 43.4 Å². The zero-order valence-electron chi connectivity index (χ0n) is 20.1. The SMILES string of the molecule is C=C(C=O)CC1(c2cccc(C)c2C)C(=O)Oc2c(C(C)(C)C)cc(C(C)(C)C)cc21. The molecule has 0 fully saturated rings. The molecule has 1 aliphatic rings. The molecule has 0 amide bonds. The second-order valence-electron chi connectivity index (χ2n) is 10.9. The third-order valence-electron chi connectivity index (χ3n) is 6.49. The normalized spacial score (nSPS) is 18.5. The summed E-state index contributed by atoms with van der Waals surface area (Å²) in [5.74, 6) is 0.292. The zero-order valence-corrected chi connectivity index (χ0v) is 20.1. The molecule has 164 valence electrons. The van der Waals surface area contributed by atoms with E-state index in [0.29, 0.717) is 11.3 Å². The molecular weight excluding hydrogens is 384 g/mol. The number of benzene rings is 2. The summed E-state index contributed by atoms with van der Waals surface area (Å²) in [6.07, 6.45) is 0.945. The monoisotopic (exact) mass is 418 g/mol. The Morgan fingerprint density at radius 2 is 1.68 bits per heavy atom. The molecule has 2 aromatic carbocycles. The van der Waals surface area contributed by atoms with Crippen molar-refractivity contribution in [1.82, 2.24) is 0 Å². The van der Waals surface area contributed by atoms with Gasteiger partial charge in [0.2, 0.25) is 0 Å². The first-order valence-corrected chi connectivity index (χ1v) is 10.8. The van der Waals surface area contributed by atoms with Crippen LogP contribution in [0.2, 0.25) is 0 Å². The van der Waals surface area contributed by atoms with E-state index in [4.69, 9.17) is 4.74 Å². The van der Waals surface area contributed by atoms with Crippen molar-refractivity contribution >= 4 is 12.3 Å². The minimum absolute atomic E-state index is 0.115. The van der Waals surface area contributed by atoms with Crippen LogP contribution in [0, 0.1) is 13.8 Å². The fourth-order valence-electron chi connectivity index (χ4n) is 4.45. The molecule has 3 rings (SSSR count). The first-order chi connectivity index (χ1) is 14.2. The second-order valence-corrected chi connectivity index (χ2v) is 10.9. The summed E-state index contributed by atoms with van der Waals surface area (Å²) in [5.41, 5.74) is 4.95. The number of carbonyl (C=O) groups is 2. The fourth-order valence-corrected chi connectivity index (χ4v) is 4.45. The van der Waals surface area contributed by atoms with Gasteiger partial charge in [0, 0.05) is 11.1 Å². The lowest BCUT2D eigenvalue weighted by Crippen LogP contribution is -2.37. The van der Waals surface area contributed by atoms with Gasteiger partial charge in [0.15, 0.2) is 0 Å². The van der Waals surface area contributed by atoms with Crippen molar-refractivity contribution in [2.45, 2.75) is 78.1 Å². The molecule has 3 nitrogen and oxygen atoms in total. The van der Waals surface area contributed by atoms with Gasteiger partial charge < -0.3 is 4.74 Å². The minimum Gasteiger partial charge on any atom is -0.425 e.